The molecule has 3 aliphatic heterocycles. The van der Waals surface area contributed by atoms with E-state index in [-0.39, 0.29) is 29.8 Å². The van der Waals surface area contributed by atoms with Gasteiger partial charge in [-0.3, -0.25) is 15.0 Å². The molecule has 0 aliphatic carbocycles. The lowest BCUT2D eigenvalue weighted by Gasteiger charge is -2.35. The molecule has 0 spiro atoms. The Labute approximate surface area is 209 Å². The number of carbonyl (C=O) groups excluding carboxylic acids is 2. The average molecular weight is 495 g/mol. The maximum Gasteiger partial charge on any atom is 0.329 e. The van der Waals surface area contributed by atoms with E-state index < -0.39 is 5.79 Å². The number of hydrogen-bond acceptors (Lipinski definition) is 8. The van der Waals surface area contributed by atoms with Crippen molar-refractivity contribution in [2.75, 3.05) is 48.0 Å². The quantitative estimate of drug-likeness (QED) is 0.564. The summed E-state index contributed by atoms with van der Waals surface area (Å²) in [7, 11) is 0. The van der Waals surface area contributed by atoms with Crippen LogP contribution < -0.4 is 25.2 Å². The minimum Gasteiger partial charge on any atom is -0.491 e. The summed E-state index contributed by atoms with van der Waals surface area (Å²) in [6.45, 7) is 9.97. The molecule has 2 aromatic heterocycles. The Balaban J connectivity index is 1.30. The molecule has 2 atom stereocenters. The highest BCUT2D eigenvalue weighted by Crippen LogP contribution is 2.39. The second-order valence-electron chi connectivity index (χ2n) is 9.37. The van der Waals surface area contributed by atoms with Crippen LogP contribution in [0.25, 0.3) is 0 Å². The van der Waals surface area contributed by atoms with Gasteiger partial charge in [0.25, 0.3) is 5.91 Å². The molecule has 11 heteroatoms. The summed E-state index contributed by atoms with van der Waals surface area (Å²) in [6.07, 6.45) is 3.80. The van der Waals surface area contributed by atoms with Crippen LogP contribution in [-0.4, -0.2) is 72.7 Å². The van der Waals surface area contributed by atoms with Crippen molar-refractivity contribution in [2.24, 2.45) is 0 Å². The molecule has 0 saturated carbocycles. The van der Waals surface area contributed by atoms with Crippen molar-refractivity contribution < 1.29 is 23.8 Å². The number of nitrogens with one attached hydrogen (secondary N) is 2. The Morgan fingerprint density at radius 1 is 1.33 bits per heavy atom. The van der Waals surface area contributed by atoms with Crippen molar-refractivity contribution in [3.63, 3.8) is 0 Å². The first-order valence-electron chi connectivity index (χ1n) is 12.0. The zero-order valence-electron chi connectivity index (χ0n) is 20.4. The second kappa shape index (κ2) is 9.75. The third-order valence-electron chi connectivity index (χ3n) is 6.28. The van der Waals surface area contributed by atoms with E-state index in [0.29, 0.717) is 43.7 Å². The van der Waals surface area contributed by atoms with Gasteiger partial charge in [0.05, 0.1) is 18.3 Å². The molecule has 0 radical (unpaired) electrons. The lowest BCUT2D eigenvalue weighted by Crippen LogP contribution is -2.48. The van der Waals surface area contributed by atoms with Gasteiger partial charge in [-0.05, 0) is 38.5 Å². The van der Waals surface area contributed by atoms with Gasteiger partial charge in [0.2, 0.25) is 0 Å². The molecular weight excluding hydrogens is 464 g/mol. The van der Waals surface area contributed by atoms with Crippen LogP contribution in [0.4, 0.5) is 22.1 Å². The smallest absolute Gasteiger partial charge is 0.329 e. The number of rotatable bonds is 7. The van der Waals surface area contributed by atoms with Gasteiger partial charge < -0.3 is 24.4 Å². The number of aromatic nitrogens is 2. The van der Waals surface area contributed by atoms with E-state index in [9.17, 15) is 9.59 Å². The minimum atomic E-state index is -0.619. The Kier molecular flexibility index (Phi) is 6.50. The van der Waals surface area contributed by atoms with Gasteiger partial charge in [0, 0.05) is 31.9 Å². The van der Waals surface area contributed by atoms with Gasteiger partial charge in [0.1, 0.15) is 30.0 Å². The predicted octanol–water partition coefficient (Wildman–Crippen LogP) is 2.55. The van der Waals surface area contributed by atoms with E-state index in [1.807, 2.05) is 19.9 Å². The van der Waals surface area contributed by atoms with Crippen molar-refractivity contribution in [1.82, 2.24) is 15.3 Å². The number of fused-ring (bicyclic) bond motifs is 4. The van der Waals surface area contributed by atoms with E-state index in [2.05, 4.69) is 32.1 Å². The molecule has 3 aliphatic rings. The lowest BCUT2D eigenvalue weighted by molar-refractivity contribution is -0.141. The van der Waals surface area contributed by atoms with E-state index in [1.54, 1.807) is 35.4 Å². The summed E-state index contributed by atoms with van der Waals surface area (Å²) in [5.74, 6) is 0.423. The number of nitrogens with zero attached hydrogens (tertiary/aromatic N) is 4. The highest BCUT2D eigenvalue weighted by molar-refractivity contribution is 6.05. The molecule has 2 saturated heterocycles. The zero-order valence-corrected chi connectivity index (χ0v) is 20.4. The van der Waals surface area contributed by atoms with E-state index in [1.165, 1.54) is 0 Å². The van der Waals surface area contributed by atoms with Gasteiger partial charge in [-0.1, -0.05) is 6.08 Å². The largest absolute Gasteiger partial charge is 0.491 e. The molecule has 0 unspecified atom stereocenters. The van der Waals surface area contributed by atoms with E-state index in [4.69, 9.17) is 14.2 Å². The monoisotopic (exact) mass is 494 g/mol. The second-order valence-corrected chi connectivity index (χ2v) is 9.37. The predicted molar refractivity (Wildman–Crippen MR) is 134 cm³/mol. The van der Waals surface area contributed by atoms with Crippen LogP contribution in [0.1, 0.15) is 30.8 Å². The van der Waals surface area contributed by atoms with E-state index >= 15 is 0 Å². The van der Waals surface area contributed by atoms with E-state index in [0.717, 1.165) is 18.7 Å². The van der Waals surface area contributed by atoms with Gasteiger partial charge in [-0.25, -0.2) is 14.8 Å². The Morgan fingerprint density at radius 2 is 2.19 bits per heavy atom. The van der Waals surface area contributed by atoms with Gasteiger partial charge in [-0.15, -0.1) is 6.58 Å². The fourth-order valence-corrected chi connectivity index (χ4v) is 4.63. The maximum absolute atomic E-state index is 13.4. The van der Waals surface area contributed by atoms with Crippen LogP contribution in [0, 0.1) is 0 Å². The number of anilines is 3. The van der Waals surface area contributed by atoms with Gasteiger partial charge in [-0.2, -0.15) is 0 Å². The van der Waals surface area contributed by atoms with Crippen LogP contribution in [0.3, 0.4) is 0 Å². The first-order chi connectivity index (χ1) is 17.3. The zero-order chi connectivity index (χ0) is 25.3. The molecule has 3 amide bonds. The number of ether oxygens (including phenoxy) is 3. The molecule has 11 nitrogen and oxygen atoms in total. The Morgan fingerprint density at radius 3 is 2.97 bits per heavy atom. The summed E-state index contributed by atoms with van der Waals surface area (Å²) in [6, 6.07) is 6.48. The molecule has 190 valence electrons. The Hall–Kier alpha value is -3.70. The van der Waals surface area contributed by atoms with Crippen LogP contribution in [0.2, 0.25) is 0 Å². The number of urea groups is 1. The molecule has 5 rings (SSSR count). The summed E-state index contributed by atoms with van der Waals surface area (Å²) < 4.78 is 17.2. The van der Waals surface area contributed by atoms with Crippen molar-refractivity contribution in [1.29, 1.82) is 0 Å². The SMILES string of the molecule is C=CCNC(=O)c1ccc2c(n1)N(C(=O)Nc1cc(OC[C@H]3COC(C)(C)O3)ccn1)[C@H]1CCN2C1. The minimum absolute atomic E-state index is 0.0567. The third kappa shape index (κ3) is 4.98. The van der Waals surface area contributed by atoms with Crippen molar-refractivity contribution in [3.8, 4) is 5.75 Å². The average Bonchev–Trinajstić information content (AvgIpc) is 3.44. The number of pyridine rings is 2. The highest BCUT2D eigenvalue weighted by atomic mass is 16.7. The summed E-state index contributed by atoms with van der Waals surface area (Å²) >= 11 is 0. The van der Waals surface area contributed by atoms with Crippen LogP contribution in [0.5, 0.6) is 5.75 Å². The fraction of sp³-hybridized carbons (Fsp3) is 0.440. The van der Waals surface area contributed by atoms with Crippen LogP contribution in [-0.2, 0) is 9.47 Å². The van der Waals surface area contributed by atoms with Crippen molar-refractivity contribution in [2.45, 2.75) is 38.2 Å². The normalized spacial score (nSPS) is 21.6. The fourth-order valence-electron chi connectivity index (χ4n) is 4.63. The third-order valence-corrected chi connectivity index (χ3v) is 6.28. The lowest BCUT2D eigenvalue weighted by atomic mass is 10.1. The first-order valence-corrected chi connectivity index (χ1v) is 12.0. The van der Waals surface area contributed by atoms with Crippen LogP contribution in [0.15, 0.2) is 43.1 Å². The van der Waals surface area contributed by atoms with Gasteiger partial charge in [0.15, 0.2) is 11.6 Å². The van der Waals surface area contributed by atoms with Gasteiger partial charge >= 0.3 is 6.03 Å². The number of carbonyl (C=O) groups is 2. The maximum atomic E-state index is 13.4. The van der Waals surface area contributed by atoms with Crippen molar-refractivity contribution >= 4 is 29.3 Å². The Bertz CT molecular complexity index is 1170. The molecule has 2 N–H and O–H groups in total. The number of hydrogen-bond donors (Lipinski definition) is 2. The summed E-state index contributed by atoms with van der Waals surface area (Å²) in [5, 5.41) is 5.59. The molecule has 5 heterocycles. The van der Waals surface area contributed by atoms with Crippen LogP contribution >= 0.6 is 0 Å². The number of amides is 3. The first kappa shape index (κ1) is 24.0. The molecule has 36 heavy (non-hydrogen) atoms. The molecule has 2 bridgehead atoms. The molecule has 0 aromatic carbocycles. The highest BCUT2D eigenvalue weighted by Gasteiger charge is 2.40. The topological polar surface area (TPSA) is 118 Å². The summed E-state index contributed by atoms with van der Waals surface area (Å²) in [4.78, 5) is 38.6. The standard InChI is InChI=1S/C25H30N6O5/c1-4-9-27-23(32)19-5-6-20-22(28-19)31(16-8-11-30(20)13-16)24(33)29-21-12-17(7-10-26-21)34-14-18-15-35-25(2,3)36-18/h4-7,10,12,16,18H,1,8-9,11,13-15H2,2-3H3,(H,27,32)(H,26,29,33)/t16-,18-/m0/s1. The molecule has 2 aromatic rings. The summed E-state index contributed by atoms with van der Waals surface area (Å²) in [5.41, 5.74) is 1.07. The molecule has 2 fully saturated rings. The molecular formula is C25H30N6O5. The van der Waals surface area contributed by atoms with Crippen molar-refractivity contribution in [3.05, 3.63) is 48.8 Å².